The van der Waals surface area contributed by atoms with E-state index in [2.05, 4.69) is 0 Å². The average Bonchev–Trinajstić information content (AvgIpc) is 2.31. The van der Waals surface area contributed by atoms with Gasteiger partial charge in [-0.2, -0.15) is 16.1 Å². The Morgan fingerprint density at radius 1 is 1.20 bits per heavy atom. The van der Waals surface area contributed by atoms with E-state index in [1.165, 1.54) is 0 Å². The van der Waals surface area contributed by atoms with Gasteiger partial charge in [-0.1, -0.05) is 12.2 Å². The summed E-state index contributed by atoms with van der Waals surface area (Å²) in [5.74, 6) is 1.83. The maximum absolute atomic E-state index is 12.1. The molecule has 1 aliphatic carbocycles. The van der Waals surface area contributed by atoms with Gasteiger partial charge in [0.2, 0.25) is 10.0 Å². The molecule has 0 spiro atoms. The zero-order valence-electron chi connectivity index (χ0n) is 8.55. The molecule has 0 amide bonds. The van der Waals surface area contributed by atoms with Crippen molar-refractivity contribution in [1.82, 2.24) is 4.31 Å². The summed E-state index contributed by atoms with van der Waals surface area (Å²) in [7, 11) is -3.19. The molecule has 0 aromatic rings. The summed E-state index contributed by atoms with van der Waals surface area (Å²) in [6.45, 7) is 1.30. The molecule has 0 atom stereocenters. The number of thioether (sulfide) groups is 1. The van der Waals surface area contributed by atoms with Crippen molar-refractivity contribution in [3.63, 3.8) is 0 Å². The van der Waals surface area contributed by atoms with Crippen LogP contribution in [-0.2, 0) is 10.0 Å². The van der Waals surface area contributed by atoms with Crippen molar-refractivity contribution in [2.75, 3.05) is 24.6 Å². The Morgan fingerprint density at radius 3 is 2.53 bits per heavy atom. The molecule has 0 radical (unpaired) electrons. The minimum atomic E-state index is -3.19. The Kier molecular flexibility index (Phi) is 3.53. The van der Waals surface area contributed by atoms with Gasteiger partial charge in [0.25, 0.3) is 0 Å². The lowest BCUT2D eigenvalue weighted by molar-refractivity contribution is 0.449. The molecule has 0 saturated carbocycles. The molecule has 0 N–H and O–H groups in total. The van der Waals surface area contributed by atoms with Crippen LogP contribution in [0.5, 0.6) is 0 Å². The van der Waals surface area contributed by atoms with Crippen molar-refractivity contribution >= 4 is 21.8 Å². The van der Waals surface area contributed by atoms with Crippen LogP contribution in [0.25, 0.3) is 0 Å². The first-order valence-corrected chi connectivity index (χ1v) is 7.75. The topological polar surface area (TPSA) is 37.4 Å². The molecule has 1 saturated heterocycles. The minimum absolute atomic E-state index is 0.487. The predicted molar refractivity (Wildman–Crippen MR) is 64.3 cm³/mol. The van der Waals surface area contributed by atoms with Gasteiger partial charge in [-0.05, 0) is 18.9 Å². The summed E-state index contributed by atoms with van der Waals surface area (Å²) in [5, 5.41) is 0. The van der Waals surface area contributed by atoms with E-state index >= 15 is 0 Å². The molecule has 1 heterocycles. The first-order chi connectivity index (χ1) is 7.21. The third-order valence-corrected chi connectivity index (χ3v) is 5.45. The first-order valence-electron chi connectivity index (χ1n) is 5.16. The van der Waals surface area contributed by atoms with Crippen molar-refractivity contribution in [1.29, 1.82) is 0 Å². The standard InChI is InChI=1S/C10H15NO2S2/c12-15(13,10-4-2-1-3-5-10)11-6-8-14-9-7-11/h2,4-5H,1,3,6-9H2. The second kappa shape index (κ2) is 4.72. The van der Waals surface area contributed by atoms with E-state index in [0.29, 0.717) is 18.0 Å². The van der Waals surface area contributed by atoms with Crippen molar-refractivity contribution in [2.45, 2.75) is 12.8 Å². The lowest BCUT2D eigenvalue weighted by Gasteiger charge is -2.26. The van der Waals surface area contributed by atoms with Gasteiger partial charge >= 0.3 is 0 Å². The second-order valence-corrected chi connectivity index (χ2v) is 6.77. The largest absolute Gasteiger partial charge is 0.242 e. The van der Waals surface area contributed by atoms with Gasteiger partial charge < -0.3 is 0 Å². The van der Waals surface area contributed by atoms with Gasteiger partial charge in [0.15, 0.2) is 0 Å². The fraction of sp³-hybridized carbons (Fsp3) is 0.600. The van der Waals surface area contributed by atoms with Crippen LogP contribution in [0.4, 0.5) is 0 Å². The molecular weight excluding hydrogens is 230 g/mol. The maximum atomic E-state index is 12.1. The normalized spacial score (nSPS) is 23.9. The number of sulfonamides is 1. The summed E-state index contributed by atoms with van der Waals surface area (Å²) < 4.78 is 25.9. The molecule has 0 bridgehead atoms. The highest BCUT2D eigenvalue weighted by molar-refractivity contribution is 7.99. The molecule has 0 aromatic carbocycles. The maximum Gasteiger partial charge on any atom is 0.242 e. The molecule has 84 valence electrons. The van der Waals surface area contributed by atoms with Crippen LogP contribution in [-0.4, -0.2) is 37.3 Å². The molecule has 5 heteroatoms. The summed E-state index contributed by atoms with van der Waals surface area (Å²) in [6, 6.07) is 0. The van der Waals surface area contributed by atoms with Gasteiger partial charge in [-0.3, -0.25) is 0 Å². The summed E-state index contributed by atoms with van der Waals surface area (Å²) >= 11 is 1.82. The molecule has 2 aliphatic rings. The van der Waals surface area contributed by atoms with Crippen molar-refractivity contribution in [3.8, 4) is 0 Å². The predicted octanol–water partition coefficient (Wildman–Crippen LogP) is 1.60. The molecule has 15 heavy (non-hydrogen) atoms. The van der Waals surface area contributed by atoms with Gasteiger partial charge in [0.05, 0.1) is 4.91 Å². The molecule has 2 rings (SSSR count). The van der Waals surface area contributed by atoms with Crippen LogP contribution in [0.2, 0.25) is 0 Å². The number of nitrogens with zero attached hydrogens (tertiary/aromatic N) is 1. The van der Waals surface area contributed by atoms with E-state index in [0.717, 1.165) is 24.3 Å². The highest BCUT2D eigenvalue weighted by atomic mass is 32.2. The Labute approximate surface area is 95.3 Å². The molecule has 1 fully saturated rings. The second-order valence-electron chi connectivity index (χ2n) is 3.60. The van der Waals surface area contributed by atoms with Crippen molar-refractivity contribution in [3.05, 3.63) is 23.1 Å². The van der Waals surface area contributed by atoms with E-state index in [9.17, 15) is 8.42 Å². The van der Waals surface area contributed by atoms with Crippen LogP contribution in [0, 0.1) is 0 Å². The SMILES string of the molecule is O=S(=O)(C1=CCCC=C1)N1CCSCC1. The quantitative estimate of drug-likeness (QED) is 0.741. The Balaban J connectivity index is 2.18. The summed E-state index contributed by atoms with van der Waals surface area (Å²) in [5.41, 5.74) is 0. The molecule has 3 nitrogen and oxygen atoms in total. The molecule has 0 unspecified atom stereocenters. The molecule has 0 aromatic heterocycles. The lowest BCUT2D eigenvalue weighted by Crippen LogP contribution is -2.38. The fourth-order valence-corrected chi connectivity index (χ4v) is 4.41. The van der Waals surface area contributed by atoms with E-state index < -0.39 is 10.0 Å². The average molecular weight is 245 g/mol. The highest BCUT2D eigenvalue weighted by Crippen LogP contribution is 2.22. The molecular formula is C10H15NO2S2. The van der Waals surface area contributed by atoms with E-state index in [-0.39, 0.29) is 0 Å². The molecule has 1 aliphatic heterocycles. The van der Waals surface area contributed by atoms with Crippen molar-refractivity contribution in [2.24, 2.45) is 0 Å². The number of hydrogen-bond donors (Lipinski definition) is 0. The smallest absolute Gasteiger partial charge is 0.207 e. The first kappa shape index (κ1) is 11.2. The van der Waals surface area contributed by atoms with E-state index in [1.807, 2.05) is 23.9 Å². The fourth-order valence-electron chi connectivity index (χ4n) is 1.72. The summed E-state index contributed by atoms with van der Waals surface area (Å²) in [4.78, 5) is 0.487. The van der Waals surface area contributed by atoms with Gasteiger partial charge in [0, 0.05) is 24.6 Å². The number of hydrogen-bond acceptors (Lipinski definition) is 3. The Hall–Kier alpha value is -0.260. The van der Waals surface area contributed by atoms with E-state index in [4.69, 9.17) is 0 Å². The van der Waals surface area contributed by atoms with Gasteiger partial charge in [0.1, 0.15) is 0 Å². The highest BCUT2D eigenvalue weighted by Gasteiger charge is 2.26. The Morgan fingerprint density at radius 2 is 1.93 bits per heavy atom. The Bertz CT molecular complexity index is 378. The third kappa shape index (κ3) is 2.46. The van der Waals surface area contributed by atoms with Crippen LogP contribution in [0.3, 0.4) is 0 Å². The monoisotopic (exact) mass is 245 g/mol. The minimum Gasteiger partial charge on any atom is -0.207 e. The number of rotatable bonds is 2. The zero-order valence-corrected chi connectivity index (χ0v) is 10.2. The summed E-state index contributed by atoms with van der Waals surface area (Å²) in [6.07, 6.45) is 7.30. The zero-order chi connectivity index (χ0) is 10.7. The lowest BCUT2D eigenvalue weighted by atomic mass is 10.2. The van der Waals surface area contributed by atoms with E-state index in [1.54, 1.807) is 10.4 Å². The van der Waals surface area contributed by atoms with Crippen LogP contribution >= 0.6 is 11.8 Å². The van der Waals surface area contributed by atoms with Crippen LogP contribution in [0.1, 0.15) is 12.8 Å². The van der Waals surface area contributed by atoms with Crippen LogP contribution < -0.4 is 0 Å². The third-order valence-electron chi connectivity index (χ3n) is 2.57. The number of allylic oxidation sites excluding steroid dienone is 3. The van der Waals surface area contributed by atoms with Gasteiger partial charge in [-0.15, -0.1) is 0 Å². The van der Waals surface area contributed by atoms with Gasteiger partial charge in [-0.25, -0.2) is 8.42 Å². The van der Waals surface area contributed by atoms with Crippen molar-refractivity contribution < 1.29 is 8.42 Å². The van der Waals surface area contributed by atoms with Crippen LogP contribution in [0.15, 0.2) is 23.1 Å².